The van der Waals surface area contributed by atoms with Crippen LogP contribution < -0.4 is 5.32 Å². The summed E-state index contributed by atoms with van der Waals surface area (Å²) in [6.07, 6.45) is 0. The Bertz CT molecular complexity index is 1050. The van der Waals surface area contributed by atoms with Crippen molar-refractivity contribution in [1.29, 1.82) is 0 Å². The van der Waals surface area contributed by atoms with Gasteiger partial charge in [-0.25, -0.2) is 0 Å². The van der Waals surface area contributed by atoms with Crippen molar-refractivity contribution >= 4 is 28.8 Å². The average molecular weight is 421 g/mol. The Morgan fingerprint density at radius 1 is 1.13 bits per heavy atom. The van der Waals surface area contributed by atoms with Crippen molar-refractivity contribution in [3.63, 3.8) is 0 Å². The number of carbonyl (C=O) groups is 2. The van der Waals surface area contributed by atoms with Crippen LogP contribution in [0.25, 0.3) is 0 Å². The van der Waals surface area contributed by atoms with Crippen LogP contribution in [0.1, 0.15) is 38.3 Å². The molecule has 154 valence electrons. The van der Waals surface area contributed by atoms with Gasteiger partial charge in [0.15, 0.2) is 0 Å². The Morgan fingerprint density at radius 3 is 2.70 bits per heavy atom. The predicted molar refractivity (Wildman–Crippen MR) is 119 cm³/mol. The van der Waals surface area contributed by atoms with Gasteiger partial charge in [0.25, 0.3) is 5.91 Å². The van der Waals surface area contributed by atoms with E-state index in [4.69, 9.17) is 4.74 Å². The zero-order chi connectivity index (χ0) is 21.1. The molecular weight excluding hydrogens is 396 g/mol. The molecule has 0 bridgehead atoms. The summed E-state index contributed by atoms with van der Waals surface area (Å²) >= 11 is 1.56. The van der Waals surface area contributed by atoms with E-state index in [9.17, 15) is 9.59 Å². The Hall–Kier alpha value is -2.96. The second-order valence-electron chi connectivity index (χ2n) is 7.38. The van der Waals surface area contributed by atoms with Gasteiger partial charge in [0, 0.05) is 29.8 Å². The number of anilines is 1. The number of hydrogen-bond acceptors (Lipinski definition) is 4. The number of fused-ring (bicyclic) bond motifs is 1. The molecule has 0 saturated carbocycles. The minimum Gasteiger partial charge on any atom is -0.383 e. The van der Waals surface area contributed by atoms with Gasteiger partial charge in [0.2, 0.25) is 5.91 Å². The monoisotopic (exact) mass is 420 g/mol. The molecule has 2 unspecified atom stereocenters. The molecule has 6 heteroatoms. The first kappa shape index (κ1) is 20.3. The second kappa shape index (κ2) is 8.81. The van der Waals surface area contributed by atoms with Crippen molar-refractivity contribution in [2.75, 3.05) is 25.6 Å². The number of benzene rings is 2. The molecule has 0 fully saturated rings. The average Bonchev–Trinajstić information content (AvgIpc) is 3.27. The Morgan fingerprint density at radius 2 is 1.97 bits per heavy atom. The third-order valence-electron chi connectivity index (χ3n) is 5.38. The van der Waals surface area contributed by atoms with Crippen molar-refractivity contribution in [2.24, 2.45) is 0 Å². The van der Waals surface area contributed by atoms with Crippen LogP contribution in [0.5, 0.6) is 0 Å². The molecule has 1 aliphatic rings. The van der Waals surface area contributed by atoms with Crippen molar-refractivity contribution in [3.8, 4) is 0 Å². The van der Waals surface area contributed by atoms with Crippen LogP contribution in [0.4, 0.5) is 5.69 Å². The highest BCUT2D eigenvalue weighted by atomic mass is 32.1. The summed E-state index contributed by atoms with van der Waals surface area (Å²) in [5.74, 6) is -0.711. The maximum Gasteiger partial charge on any atom is 0.254 e. The number of aryl methyl sites for hydroxylation is 1. The number of rotatable bonds is 6. The van der Waals surface area contributed by atoms with Crippen LogP contribution in [-0.4, -0.2) is 37.0 Å². The number of methoxy groups -OCH3 is 1. The molecule has 5 nitrogen and oxygen atoms in total. The van der Waals surface area contributed by atoms with E-state index < -0.39 is 5.92 Å². The van der Waals surface area contributed by atoms with Gasteiger partial charge >= 0.3 is 0 Å². The van der Waals surface area contributed by atoms with Gasteiger partial charge in [-0.15, -0.1) is 11.3 Å². The summed E-state index contributed by atoms with van der Waals surface area (Å²) in [5, 5.41) is 5.05. The molecule has 2 atom stereocenters. The Labute approximate surface area is 180 Å². The number of carbonyl (C=O) groups excluding carboxylic acids is 2. The number of nitrogens with zero attached hydrogens (tertiary/aromatic N) is 1. The zero-order valence-electron chi connectivity index (χ0n) is 17.0. The van der Waals surface area contributed by atoms with Gasteiger partial charge in [0.05, 0.1) is 18.6 Å². The van der Waals surface area contributed by atoms with Gasteiger partial charge in [0.1, 0.15) is 0 Å². The van der Waals surface area contributed by atoms with Crippen molar-refractivity contribution in [2.45, 2.75) is 18.9 Å². The molecule has 1 aliphatic heterocycles. The standard InChI is InChI=1S/C24H24N2O3S/c1-16-7-5-8-17(15-16)25-23(27)21-18-9-3-4-10-19(18)24(28)26(12-13-29-2)22(21)20-11-6-14-30-20/h3-11,14-15,21-22H,12-13H2,1-2H3,(H,25,27). The van der Waals surface area contributed by atoms with Gasteiger partial charge in [-0.3, -0.25) is 9.59 Å². The van der Waals surface area contributed by atoms with Crippen LogP contribution >= 0.6 is 11.3 Å². The highest BCUT2D eigenvalue weighted by molar-refractivity contribution is 7.10. The molecule has 0 aliphatic carbocycles. The number of nitrogens with one attached hydrogen (secondary N) is 1. The van der Waals surface area contributed by atoms with Crippen LogP contribution in [0.15, 0.2) is 66.0 Å². The molecule has 2 aromatic carbocycles. The largest absolute Gasteiger partial charge is 0.383 e. The molecule has 1 N–H and O–H groups in total. The fourth-order valence-electron chi connectivity index (χ4n) is 4.03. The lowest BCUT2D eigenvalue weighted by Crippen LogP contribution is -2.47. The Balaban J connectivity index is 1.80. The summed E-state index contributed by atoms with van der Waals surface area (Å²) < 4.78 is 5.26. The lowest BCUT2D eigenvalue weighted by atomic mass is 9.81. The third kappa shape index (κ3) is 3.88. The smallest absolute Gasteiger partial charge is 0.254 e. The number of ether oxygens (including phenoxy) is 1. The van der Waals surface area contributed by atoms with E-state index in [1.807, 2.05) is 66.9 Å². The molecule has 2 amide bonds. The topological polar surface area (TPSA) is 58.6 Å². The first-order chi connectivity index (χ1) is 14.6. The lowest BCUT2D eigenvalue weighted by molar-refractivity contribution is -0.119. The first-order valence-electron chi connectivity index (χ1n) is 9.90. The fraction of sp³-hybridized carbons (Fsp3) is 0.250. The van der Waals surface area contributed by atoms with E-state index in [2.05, 4.69) is 5.32 Å². The van der Waals surface area contributed by atoms with Gasteiger partial charge < -0.3 is 15.0 Å². The number of amides is 2. The molecule has 30 heavy (non-hydrogen) atoms. The maximum atomic E-state index is 13.6. The van der Waals surface area contributed by atoms with Gasteiger partial charge in [-0.05, 0) is 47.7 Å². The minimum atomic E-state index is -0.519. The maximum absolute atomic E-state index is 13.6. The van der Waals surface area contributed by atoms with Crippen LogP contribution in [0, 0.1) is 6.92 Å². The summed E-state index contributed by atoms with van der Waals surface area (Å²) in [6.45, 7) is 2.81. The van der Waals surface area contributed by atoms with E-state index in [0.717, 1.165) is 21.7 Å². The molecule has 0 radical (unpaired) electrons. The van der Waals surface area contributed by atoms with E-state index in [0.29, 0.717) is 18.7 Å². The molecule has 1 aromatic heterocycles. The molecule has 0 spiro atoms. The van der Waals surface area contributed by atoms with Gasteiger partial charge in [-0.2, -0.15) is 0 Å². The summed E-state index contributed by atoms with van der Waals surface area (Å²) in [6, 6.07) is 18.7. The zero-order valence-corrected chi connectivity index (χ0v) is 17.8. The minimum absolute atomic E-state index is 0.0688. The number of hydrogen-bond donors (Lipinski definition) is 1. The van der Waals surface area contributed by atoms with Crippen molar-refractivity contribution in [1.82, 2.24) is 4.90 Å². The lowest BCUT2D eigenvalue weighted by Gasteiger charge is -2.41. The van der Waals surface area contributed by atoms with E-state index in [-0.39, 0.29) is 17.9 Å². The third-order valence-corrected chi connectivity index (χ3v) is 6.32. The van der Waals surface area contributed by atoms with Crippen molar-refractivity contribution in [3.05, 3.63) is 87.6 Å². The highest BCUT2D eigenvalue weighted by Gasteiger charge is 2.44. The Kier molecular flexibility index (Phi) is 5.97. The molecule has 3 aromatic rings. The first-order valence-corrected chi connectivity index (χ1v) is 10.8. The van der Waals surface area contributed by atoms with Crippen LogP contribution in [0.2, 0.25) is 0 Å². The molecule has 2 heterocycles. The summed E-state index contributed by atoms with van der Waals surface area (Å²) in [5.41, 5.74) is 3.16. The second-order valence-corrected chi connectivity index (χ2v) is 8.35. The predicted octanol–water partition coefficient (Wildman–Crippen LogP) is 4.62. The van der Waals surface area contributed by atoms with E-state index in [1.165, 1.54) is 0 Å². The summed E-state index contributed by atoms with van der Waals surface area (Å²) in [4.78, 5) is 29.7. The van der Waals surface area contributed by atoms with Crippen molar-refractivity contribution < 1.29 is 14.3 Å². The van der Waals surface area contributed by atoms with E-state index >= 15 is 0 Å². The quantitative estimate of drug-likeness (QED) is 0.633. The molecule has 0 saturated heterocycles. The van der Waals surface area contributed by atoms with Crippen LogP contribution in [-0.2, 0) is 9.53 Å². The number of thiophene rings is 1. The van der Waals surface area contributed by atoms with E-state index in [1.54, 1.807) is 29.4 Å². The highest BCUT2D eigenvalue weighted by Crippen LogP contribution is 2.44. The van der Waals surface area contributed by atoms with Gasteiger partial charge in [-0.1, -0.05) is 36.4 Å². The fourth-order valence-corrected chi connectivity index (χ4v) is 4.90. The SMILES string of the molecule is COCCN1C(=O)c2ccccc2C(C(=O)Nc2cccc(C)c2)C1c1cccs1. The van der Waals surface area contributed by atoms with Crippen LogP contribution in [0.3, 0.4) is 0 Å². The summed E-state index contributed by atoms with van der Waals surface area (Å²) in [7, 11) is 1.62. The molecule has 4 rings (SSSR count). The molecular formula is C24H24N2O3S. The normalized spacial score (nSPS) is 18.2.